The summed E-state index contributed by atoms with van der Waals surface area (Å²) in [7, 11) is 1.35. The summed E-state index contributed by atoms with van der Waals surface area (Å²) in [5.41, 5.74) is 0.412. The summed E-state index contributed by atoms with van der Waals surface area (Å²) >= 11 is 0. The van der Waals surface area contributed by atoms with Gasteiger partial charge in [-0.1, -0.05) is 42.5 Å². The highest BCUT2D eigenvalue weighted by Crippen LogP contribution is 2.52. The number of nitrogens with zero attached hydrogens (tertiary/aromatic N) is 1. The molecule has 1 aromatic carbocycles. The standard InChI is InChI=1S/C17H17NO4/c1-21-16(20)13-12-7-8-17(22-12)10-18(15(19)14(13)17)9-11-5-3-2-4-6-11/h2-8,12-14H,9-10H2,1H3/t12-,13+,14+,17-/m0/s1. The lowest BCUT2D eigenvalue weighted by molar-refractivity contribution is -0.151. The van der Waals surface area contributed by atoms with Gasteiger partial charge in [0.25, 0.3) is 0 Å². The summed E-state index contributed by atoms with van der Waals surface area (Å²) in [5, 5.41) is 0. The van der Waals surface area contributed by atoms with Crippen LogP contribution in [0.1, 0.15) is 5.56 Å². The van der Waals surface area contributed by atoms with Gasteiger partial charge in [-0.2, -0.15) is 0 Å². The molecule has 5 heteroatoms. The van der Waals surface area contributed by atoms with Crippen LogP contribution in [0.25, 0.3) is 0 Å². The molecular formula is C17H17NO4. The number of carbonyl (C=O) groups is 2. The normalized spacial score (nSPS) is 35.0. The molecule has 4 rings (SSSR count). The van der Waals surface area contributed by atoms with Gasteiger partial charge in [0.05, 0.1) is 25.7 Å². The van der Waals surface area contributed by atoms with Crippen molar-refractivity contribution in [3.63, 3.8) is 0 Å². The average molecular weight is 299 g/mol. The molecule has 2 saturated heterocycles. The molecule has 3 aliphatic heterocycles. The Kier molecular flexibility index (Phi) is 2.87. The molecule has 1 spiro atoms. The minimum Gasteiger partial charge on any atom is -0.469 e. The van der Waals surface area contributed by atoms with E-state index >= 15 is 0 Å². The highest BCUT2D eigenvalue weighted by molar-refractivity contribution is 5.91. The summed E-state index contributed by atoms with van der Waals surface area (Å²) in [6.07, 6.45) is 3.50. The zero-order valence-electron chi connectivity index (χ0n) is 12.3. The van der Waals surface area contributed by atoms with E-state index in [1.165, 1.54) is 7.11 Å². The van der Waals surface area contributed by atoms with Gasteiger partial charge in [0, 0.05) is 6.54 Å². The zero-order valence-corrected chi connectivity index (χ0v) is 12.3. The summed E-state index contributed by atoms with van der Waals surface area (Å²) < 4.78 is 10.9. The predicted molar refractivity (Wildman–Crippen MR) is 77.6 cm³/mol. The third-order valence-corrected chi connectivity index (χ3v) is 4.87. The van der Waals surface area contributed by atoms with Crippen molar-refractivity contribution < 1.29 is 19.1 Å². The minimum atomic E-state index is -0.657. The Balaban J connectivity index is 1.62. The molecule has 1 amide bonds. The van der Waals surface area contributed by atoms with Gasteiger partial charge in [-0.05, 0) is 5.56 Å². The molecule has 22 heavy (non-hydrogen) atoms. The van der Waals surface area contributed by atoms with Crippen LogP contribution >= 0.6 is 0 Å². The first-order valence-corrected chi connectivity index (χ1v) is 7.42. The SMILES string of the molecule is COC(=O)[C@@H]1[C@@H]2C=C[C@@]3(CN(Cc4ccccc4)C(=O)[C@@H]13)O2. The number of amides is 1. The molecule has 3 heterocycles. The number of benzene rings is 1. The fraction of sp³-hybridized carbons (Fsp3) is 0.412. The van der Waals surface area contributed by atoms with Gasteiger partial charge >= 0.3 is 5.97 Å². The molecule has 5 nitrogen and oxygen atoms in total. The number of hydrogen-bond donors (Lipinski definition) is 0. The van der Waals surface area contributed by atoms with E-state index in [0.717, 1.165) is 5.56 Å². The van der Waals surface area contributed by atoms with Crippen molar-refractivity contribution in [1.82, 2.24) is 4.90 Å². The highest BCUT2D eigenvalue weighted by atomic mass is 16.5. The van der Waals surface area contributed by atoms with Gasteiger partial charge in [-0.3, -0.25) is 9.59 Å². The van der Waals surface area contributed by atoms with E-state index in [4.69, 9.17) is 9.47 Å². The fourth-order valence-corrected chi connectivity index (χ4v) is 3.92. The van der Waals surface area contributed by atoms with Crippen LogP contribution in [-0.2, 0) is 25.6 Å². The highest BCUT2D eigenvalue weighted by Gasteiger charge is 2.67. The maximum absolute atomic E-state index is 12.8. The Morgan fingerprint density at radius 1 is 1.41 bits per heavy atom. The Morgan fingerprint density at radius 3 is 2.91 bits per heavy atom. The minimum absolute atomic E-state index is 0.0221. The predicted octanol–water partition coefficient (Wildman–Crippen LogP) is 1.14. The molecule has 4 atom stereocenters. The molecule has 2 bridgehead atoms. The van der Waals surface area contributed by atoms with Crippen LogP contribution < -0.4 is 0 Å². The van der Waals surface area contributed by atoms with E-state index < -0.39 is 17.4 Å². The number of rotatable bonds is 3. The van der Waals surface area contributed by atoms with Crippen LogP contribution in [0.2, 0.25) is 0 Å². The van der Waals surface area contributed by atoms with Crippen molar-refractivity contribution >= 4 is 11.9 Å². The van der Waals surface area contributed by atoms with Crippen LogP contribution in [0.3, 0.4) is 0 Å². The van der Waals surface area contributed by atoms with E-state index in [2.05, 4.69) is 0 Å². The Hall–Kier alpha value is -2.14. The van der Waals surface area contributed by atoms with Gasteiger partial charge in [0.15, 0.2) is 0 Å². The van der Waals surface area contributed by atoms with Gasteiger partial charge < -0.3 is 14.4 Å². The van der Waals surface area contributed by atoms with Crippen molar-refractivity contribution in [1.29, 1.82) is 0 Å². The van der Waals surface area contributed by atoms with Crippen molar-refractivity contribution in [2.75, 3.05) is 13.7 Å². The van der Waals surface area contributed by atoms with Crippen molar-refractivity contribution in [3.05, 3.63) is 48.0 Å². The largest absolute Gasteiger partial charge is 0.469 e. The van der Waals surface area contributed by atoms with Gasteiger partial charge in [-0.15, -0.1) is 0 Å². The number of methoxy groups -OCH3 is 1. The second-order valence-corrected chi connectivity index (χ2v) is 6.10. The first kappa shape index (κ1) is 13.5. The number of ether oxygens (including phenoxy) is 2. The van der Waals surface area contributed by atoms with Crippen LogP contribution in [0.15, 0.2) is 42.5 Å². The van der Waals surface area contributed by atoms with Crippen LogP contribution in [0.4, 0.5) is 0 Å². The fourth-order valence-electron chi connectivity index (χ4n) is 3.92. The quantitative estimate of drug-likeness (QED) is 0.620. The average Bonchev–Trinajstić information content (AvgIpc) is 3.16. The summed E-state index contributed by atoms with van der Waals surface area (Å²) in [4.78, 5) is 26.6. The second kappa shape index (κ2) is 4.68. The molecular weight excluding hydrogens is 282 g/mol. The molecule has 0 aliphatic carbocycles. The van der Waals surface area contributed by atoms with Gasteiger partial charge in [0.2, 0.25) is 5.91 Å². The van der Waals surface area contributed by atoms with Crippen LogP contribution in [-0.4, -0.2) is 42.1 Å². The van der Waals surface area contributed by atoms with Crippen LogP contribution in [0.5, 0.6) is 0 Å². The number of carbonyl (C=O) groups excluding carboxylic acids is 2. The smallest absolute Gasteiger partial charge is 0.312 e. The number of likely N-dealkylation sites (tertiary alicyclic amines) is 1. The van der Waals surface area contributed by atoms with Crippen molar-refractivity contribution in [3.8, 4) is 0 Å². The Labute approximate surface area is 128 Å². The Bertz CT molecular complexity index is 656. The third-order valence-electron chi connectivity index (χ3n) is 4.87. The molecule has 114 valence electrons. The molecule has 0 saturated carbocycles. The summed E-state index contributed by atoms with van der Waals surface area (Å²) in [5.74, 6) is -1.37. The maximum Gasteiger partial charge on any atom is 0.312 e. The lowest BCUT2D eigenvalue weighted by Crippen LogP contribution is -2.39. The van der Waals surface area contributed by atoms with Crippen molar-refractivity contribution in [2.24, 2.45) is 11.8 Å². The first-order chi connectivity index (χ1) is 10.6. The summed E-state index contributed by atoms with van der Waals surface area (Å²) in [6.45, 7) is 1.03. The van der Waals surface area contributed by atoms with E-state index in [-0.39, 0.29) is 18.0 Å². The lowest BCUT2D eigenvalue weighted by Gasteiger charge is -2.22. The number of esters is 1. The molecule has 0 radical (unpaired) electrons. The van der Waals surface area contributed by atoms with E-state index in [9.17, 15) is 9.59 Å². The van der Waals surface area contributed by atoms with E-state index in [1.807, 2.05) is 42.5 Å². The molecule has 3 aliphatic rings. The molecule has 1 aromatic rings. The molecule has 0 aromatic heterocycles. The number of fused-ring (bicyclic) bond motifs is 1. The molecule has 0 N–H and O–H groups in total. The van der Waals surface area contributed by atoms with Gasteiger partial charge in [0.1, 0.15) is 11.5 Å². The second-order valence-electron chi connectivity index (χ2n) is 6.10. The van der Waals surface area contributed by atoms with Crippen LogP contribution in [0, 0.1) is 11.8 Å². The lowest BCUT2D eigenvalue weighted by atomic mass is 9.77. The van der Waals surface area contributed by atoms with E-state index in [1.54, 1.807) is 4.90 Å². The summed E-state index contributed by atoms with van der Waals surface area (Å²) in [6, 6.07) is 9.84. The third kappa shape index (κ3) is 1.75. The van der Waals surface area contributed by atoms with E-state index in [0.29, 0.717) is 13.1 Å². The monoisotopic (exact) mass is 299 g/mol. The Morgan fingerprint density at radius 2 is 2.18 bits per heavy atom. The van der Waals surface area contributed by atoms with Gasteiger partial charge in [-0.25, -0.2) is 0 Å². The first-order valence-electron chi connectivity index (χ1n) is 7.42. The molecule has 2 fully saturated rings. The molecule has 0 unspecified atom stereocenters. The van der Waals surface area contributed by atoms with Crippen molar-refractivity contribution in [2.45, 2.75) is 18.2 Å². The topological polar surface area (TPSA) is 55.8 Å². The zero-order chi connectivity index (χ0) is 15.3. The maximum atomic E-state index is 12.8. The number of hydrogen-bond acceptors (Lipinski definition) is 4.